The van der Waals surface area contributed by atoms with Crippen molar-refractivity contribution < 1.29 is 9.53 Å². The molecule has 3 unspecified atom stereocenters. The third-order valence-electron chi connectivity index (χ3n) is 5.52. The topological polar surface area (TPSA) is 44.8 Å². The highest BCUT2D eigenvalue weighted by molar-refractivity contribution is 7.10. The van der Waals surface area contributed by atoms with Gasteiger partial charge in [0.1, 0.15) is 0 Å². The van der Waals surface area contributed by atoms with Crippen molar-refractivity contribution in [3.8, 4) is 0 Å². The Morgan fingerprint density at radius 3 is 2.61 bits per heavy atom. The van der Waals surface area contributed by atoms with Gasteiger partial charge in [-0.15, -0.1) is 11.3 Å². The number of benzene rings is 1. The zero-order chi connectivity index (χ0) is 19.5. The van der Waals surface area contributed by atoms with Crippen LogP contribution in [0, 0.1) is 0 Å². The van der Waals surface area contributed by atoms with Crippen LogP contribution in [0.1, 0.15) is 37.6 Å². The van der Waals surface area contributed by atoms with Crippen molar-refractivity contribution >= 4 is 28.6 Å². The van der Waals surface area contributed by atoms with Crippen LogP contribution in [0.2, 0.25) is 0 Å². The average Bonchev–Trinajstić information content (AvgIpc) is 3.33. The number of anilines is 2. The minimum absolute atomic E-state index is 0.0600. The fraction of sp³-hybridized carbons (Fsp3) is 0.500. The molecule has 4 rings (SSSR count). The second-order valence-electron chi connectivity index (χ2n) is 7.90. The molecular formula is C22H29N3O2S. The van der Waals surface area contributed by atoms with Crippen LogP contribution in [0.3, 0.4) is 0 Å². The van der Waals surface area contributed by atoms with Crippen molar-refractivity contribution in [1.29, 1.82) is 0 Å². The maximum atomic E-state index is 12.6. The monoisotopic (exact) mass is 399 g/mol. The molecule has 2 aromatic rings. The number of nitrogens with zero attached hydrogens (tertiary/aromatic N) is 2. The van der Waals surface area contributed by atoms with Crippen LogP contribution < -0.4 is 10.2 Å². The van der Waals surface area contributed by atoms with E-state index in [0.29, 0.717) is 12.6 Å². The van der Waals surface area contributed by atoms with E-state index in [0.717, 1.165) is 38.2 Å². The van der Waals surface area contributed by atoms with Gasteiger partial charge in [0.2, 0.25) is 5.91 Å². The highest BCUT2D eigenvalue weighted by Gasteiger charge is 2.28. The molecule has 1 N–H and O–H groups in total. The standard InChI is InChI=1S/C22H29N3O2S/c1-16-13-25(14-17(2)27-16)19-9-7-18(8-10-19)23-22(26)15-24-11-3-5-20(24)21-6-4-12-28-21/h4,6-10,12,16-17,20H,3,5,11,13-15H2,1-2H3,(H,23,26). The average molecular weight is 400 g/mol. The lowest BCUT2D eigenvalue weighted by Crippen LogP contribution is -2.45. The summed E-state index contributed by atoms with van der Waals surface area (Å²) in [4.78, 5) is 18.6. The Hall–Kier alpha value is -1.89. The number of carbonyl (C=O) groups excluding carboxylic acids is 1. The molecule has 2 aliphatic heterocycles. The SMILES string of the molecule is CC1CN(c2ccc(NC(=O)CN3CCCC3c3cccs3)cc2)CC(C)O1. The van der Waals surface area contributed by atoms with Gasteiger partial charge in [-0.25, -0.2) is 0 Å². The summed E-state index contributed by atoms with van der Waals surface area (Å²) in [5.74, 6) is 0.0600. The summed E-state index contributed by atoms with van der Waals surface area (Å²) in [5.41, 5.74) is 2.03. The summed E-state index contributed by atoms with van der Waals surface area (Å²) in [6.07, 6.45) is 2.76. The molecule has 6 heteroatoms. The molecule has 150 valence electrons. The number of ether oxygens (including phenoxy) is 1. The fourth-order valence-electron chi connectivity index (χ4n) is 4.35. The van der Waals surface area contributed by atoms with Crippen LogP contribution in [0.4, 0.5) is 11.4 Å². The largest absolute Gasteiger partial charge is 0.372 e. The van der Waals surface area contributed by atoms with Gasteiger partial charge >= 0.3 is 0 Å². The number of likely N-dealkylation sites (tertiary alicyclic amines) is 1. The van der Waals surface area contributed by atoms with Gasteiger partial charge in [0.15, 0.2) is 0 Å². The van der Waals surface area contributed by atoms with Gasteiger partial charge in [-0.1, -0.05) is 6.07 Å². The Morgan fingerprint density at radius 2 is 1.93 bits per heavy atom. The van der Waals surface area contributed by atoms with Crippen molar-refractivity contribution in [2.24, 2.45) is 0 Å². The molecule has 1 aromatic carbocycles. The number of hydrogen-bond acceptors (Lipinski definition) is 5. The molecule has 0 spiro atoms. The summed E-state index contributed by atoms with van der Waals surface area (Å²) in [5, 5.41) is 5.18. The van der Waals surface area contributed by atoms with E-state index in [1.807, 2.05) is 12.1 Å². The summed E-state index contributed by atoms with van der Waals surface area (Å²) in [7, 11) is 0. The molecule has 2 saturated heterocycles. The van der Waals surface area contributed by atoms with E-state index < -0.39 is 0 Å². The number of thiophene rings is 1. The Morgan fingerprint density at radius 1 is 1.18 bits per heavy atom. The maximum Gasteiger partial charge on any atom is 0.238 e. The van der Waals surface area contributed by atoms with Crippen LogP contribution in [-0.2, 0) is 9.53 Å². The first-order chi connectivity index (χ1) is 13.6. The predicted molar refractivity (Wildman–Crippen MR) is 115 cm³/mol. The van der Waals surface area contributed by atoms with Crippen LogP contribution in [0.5, 0.6) is 0 Å². The van der Waals surface area contributed by atoms with Gasteiger partial charge in [0.25, 0.3) is 0 Å². The zero-order valence-corrected chi connectivity index (χ0v) is 17.5. The van der Waals surface area contributed by atoms with E-state index in [9.17, 15) is 4.79 Å². The fourth-order valence-corrected chi connectivity index (χ4v) is 5.24. The van der Waals surface area contributed by atoms with Crippen LogP contribution in [0.25, 0.3) is 0 Å². The quantitative estimate of drug-likeness (QED) is 0.821. The van der Waals surface area contributed by atoms with E-state index in [1.54, 1.807) is 11.3 Å². The molecule has 0 aliphatic carbocycles. The molecule has 3 atom stereocenters. The second-order valence-corrected chi connectivity index (χ2v) is 8.88. The maximum absolute atomic E-state index is 12.6. The molecule has 3 heterocycles. The number of rotatable bonds is 5. The molecule has 0 saturated carbocycles. The highest BCUT2D eigenvalue weighted by Crippen LogP contribution is 2.34. The minimum Gasteiger partial charge on any atom is -0.372 e. The first-order valence-corrected chi connectivity index (χ1v) is 11.0. The zero-order valence-electron chi connectivity index (χ0n) is 16.6. The third-order valence-corrected chi connectivity index (χ3v) is 6.49. The van der Waals surface area contributed by atoms with Crippen LogP contribution in [-0.4, -0.2) is 49.2 Å². The predicted octanol–water partition coefficient (Wildman–Crippen LogP) is 4.14. The highest BCUT2D eigenvalue weighted by atomic mass is 32.1. The second kappa shape index (κ2) is 8.64. The Balaban J connectivity index is 1.33. The Kier molecular flexibility index (Phi) is 5.99. The van der Waals surface area contributed by atoms with E-state index in [2.05, 4.69) is 58.6 Å². The van der Waals surface area contributed by atoms with Gasteiger partial charge in [-0.05, 0) is 68.9 Å². The number of carbonyl (C=O) groups is 1. The molecule has 28 heavy (non-hydrogen) atoms. The minimum atomic E-state index is 0.0600. The van der Waals surface area contributed by atoms with E-state index in [-0.39, 0.29) is 18.1 Å². The lowest BCUT2D eigenvalue weighted by Gasteiger charge is -2.36. The van der Waals surface area contributed by atoms with E-state index in [4.69, 9.17) is 4.74 Å². The van der Waals surface area contributed by atoms with E-state index in [1.165, 1.54) is 10.6 Å². The molecule has 2 fully saturated rings. The number of amides is 1. The van der Waals surface area contributed by atoms with Gasteiger partial charge in [-0.2, -0.15) is 0 Å². The van der Waals surface area contributed by atoms with Crippen molar-refractivity contribution in [2.45, 2.75) is 44.9 Å². The third kappa shape index (κ3) is 4.57. The summed E-state index contributed by atoms with van der Waals surface area (Å²) >= 11 is 1.78. The van der Waals surface area contributed by atoms with Crippen molar-refractivity contribution in [1.82, 2.24) is 4.90 Å². The van der Waals surface area contributed by atoms with Crippen LogP contribution in [0.15, 0.2) is 41.8 Å². The van der Waals surface area contributed by atoms with Crippen LogP contribution >= 0.6 is 11.3 Å². The number of nitrogens with one attached hydrogen (secondary N) is 1. The van der Waals surface area contributed by atoms with Gasteiger partial charge in [0, 0.05) is 35.4 Å². The Bertz CT molecular complexity index is 768. The van der Waals surface area contributed by atoms with Crippen molar-refractivity contribution in [2.75, 3.05) is 36.4 Å². The lowest BCUT2D eigenvalue weighted by molar-refractivity contribution is -0.117. The van der Waals surface area contributed by atoms with Crippen molar-refractivity contribution in [3.63, 3.8) is 0 Å². The Labute approximate surface area is 171 Å². The van der Waals surface area contributed by atoms with Gasteiger partial charge in [0.05, 0.1) is 18.8 Å². The number of hydrogen-bond donors (Lipinski definition) is 1. The number of morpholine rings is 1. The molecule has 1 aromatic heterocycles. The molecule has 0 bridgehead atoms. The van der Waals surface area contributed by atoms with Crippen molar-refractivity contribution in [3.05, 3.63) is 46.7 Å². The summed E-state index contributed by atoms with van der Waals surface area (Å²) < 4.78 is 5.81. The first-order valence-electron chi connectivity index (χ1n) is 10.2. The molecule has 0 radical (unpaired) electrons. The molecular weight excluding hydrogens is 370 g/mol. The van der Waals surface area contributed by atoms with Gasteiger partial charge in [-0.3, -0.25) is 9.69 Å². The smallest absolute Gasteiger partial charge is 0.238 e. The molecule has 1 amide bonds. The first kappa shape index (κ1) is 19.4. The lowest BCUT2D eigenvalue weighted by atomic mass is 10.2. The normalized spacial score (nSPS) is 25.8. The van der Waals surface area contributed by atoms with Gasteiger partial charge < -0.3 is 15.0 Å². The molecule has 2 aliphatic rings. The summed E-state index contributed by atoms with van der Waals surface area (Å²) in [6.45, 7) is 7.45. The molecule has 5 nitrogen and oxygen atoms in total. The summed E-state index contributed by atoms with van der Waals surface area (Å²) in [6, 6.07) is 12.8. The van der Waals surface area contributed by atoms with E-state index >= 15 is 0 Å².